The van der Waals surface area contributed by atoms with Crippen LogP contribution in [0, 0.1) is 13.8 Å². The van der Waals surface area contributed by atoms with Gasteiger partial charge in [-0.05, 0) is 55.5 Å². The third kappa shape index (κ3) is 2.62. The Morgan fingerprint density at radius 1 is 0.909 bits per heavy atom. The molecule has 3 heterocycles. The van der Waals surface area contributed by atoms with Crippen LogP contribution in [0.3, 0.4) is 0 Å². The van der Waals surface area contributed by atoms with E-state index in [1.807, 2.05) is 0 Å². The maximum absolute atomic E-state index is 6.59. The summed E-state index contributed by atoms with van der Waals surface area (Å²) in [5.74, 6) is 0. The molecule has 3 aromatic heterocycles. The second-order valence-corrected chi connectivity index (χ2v) is 9.51. The minimum atomic E-state index is -0.0543. The lowest BCUT2D eigenvalue weighted by Gasteiger charge is -2.28. The quantitative estimate of drug-likeness (QED) is 0.282. The Balaban J connectivity index is 1.69. The molecular weight excluding hydrogens is 404 g/mol. The van der Waals surface area contributed by atoms with Gasteiger partial charge in [0.25, 0.3) is 0 Å². The Bertz CT molecular complexity index is 1570. The third-order valence-electron chi connectivity index (χ3n) is 7.77. The molecule has 5 aromatic rings. The van der Waals surface area contributed by atoms with Gasteiger partial charge >= 0.3 is 0 Å². The number of hydrogen-bond donors (Lipinski definition) is 0. The predicted molar refractivity (Wildman–Crippen MR) is 134 cm³/mol. The molecule has 0 radical (unpaired) electrons. The fourth-order valence-corrected chi connectivity index (χ4v) is 5.99. The van der Waals surface area contributed by atoms with Crippen LogP contribution in [0.4, 0.5) is 0 Å². The summed E-state index contributed by atoms with van der Waals surface area (Å²) in [6.07, 6.45) is 4.21. The zero-order chi connectivity index (χ0) is 22.9. The van der Waals surface area contributed by atoms with Crippen LogP contribution in [-0.4, -0.2) is 4.98 Å². The first-order valence-electron chi connectivity index (χ1n) is 11.9. The number of benzene rings is 2. The summed E-state index contributed by atoms with van der Waals surface area (Å²) in [6.45, 7) is 8.83. The van der Waals surface area contributed by atoms with Crippen molar-refractivity contribution in [1.82, 2.24) is 4.98 Å². The number of fused-ring (bicyclic) bond motifs is 6. The van der Waals surface area contributed by atoms with Crippen molar-refractivity contribution < 1.29 is 8.98 Å². The zero-order valence-electron chi connectivity index (χ0n) is 20.0. The molecule has 3 heteroatoms. The van der Waals surface area contributed by atoms with Gasteiger partial charge in [0.05, 0.1) is 11.3 Å². The second-order valence-electron chi connectivity index (χ2n) is 9.51. The van der Waals surface area contributed by atoms with Crippen molar-refractivity contribution >= 4 is 22.1 Å². The van der Waals surface area contributed by atoms with Crippen LogP contribution in [0.5, 0.6) is 0 Å². The van der Waals surface area contributed by atoms with Gasteiger partial charge in [-0.3, -0.25) is 0 Å². The van der Waals surface area contributed by atoms with Crippen molar-refractivity contribution in [3.8, 4) is 22.4 Å². The summed E-state index contributed by atoms with van der Waals surface area (Å²) >= 11 is 0. The van der Waals surface area contributed by atoms with Crippen LogP contribution < -0.4 is 4.57 Å². The lowest BCUT2D eigenvalue weighted by atomic mass is 9.76. The van der Waals surface area contributed by atoms with Crippen molar-refractivity contribution in [3.05, 3.63) is 83.2 Å². The standard InChI is InChI=1S/C30H29N2O/c1-6-30(7-2)24-11-9-8-10-20(24)22-16-23-21-14-13-19(4)26(25-15-12-18(3)17-32(25)5)27(21)33-29(23)31-28(22)30/h8-17H,6-7H2,1-5H3/q+1. The van der Waals surface area contributed by atoms with Gasteiger partial charge in [-0.2, -0.15) is 0 Å². The highest BCUT2D eigenvalue weighted by atomic mass is 16.3. The summed E-state index contributed by atoms with van der Waals surface area (Å²) in [7, 11) is 2.10. The molecule has 0 saturated carbocycles. The molecule has 0 bridgehead atoms. The van der Waals surface area contributed by atoms with E-state index in [0.717, 1.165) is 46.2 Å². The number of furan rings is 1. The van der Waals surface area contributed by atoms with E-state index in [4.69, 9.17) is 9.40 Å². The van der Waals surface area contributed by atoms with Gasteiger partial charge in [0.1, 0.15) is 7.05 Å². The minimum Gasteiger partial charge on any atom is -0.437 e. The van der Waals surface area contributed by atoms with Crippen LogP contribution in [0.1, 0.15) is 49.1 Å². The Labute approximate surface area is 194 Å². The number of hydrogen-bond acceptors (Lipinski definition) is 2. The molecule has 0 saturated heterocycles. The Kier molecular flexibility index (Phi) is 4.29. The zero-order valence-corrected chi connectivity index (χ0v) is 20.0. The highest BCUT2D eigenvalue weighted by Crippen LogP contribution is 2.53. The van der Waals surface area contributed by atoms with E-state index in [-0.39, 0.29) is 5.41 Å². The van der Waals surface area contributed by atoms with Crippen molar-refractivity contribution in [2.24, 2.45) is 7.05 Å². The topological polar surface area (TPSA) is 29.9 Å². The number of nitrogens with zero attached hydrogens (tertiary/aromatic N) is 2. The lowest BCUT2D eigenvalue weighted by Crippen LogP contribution is -2.31. The molecule has 0 fully saturated rings. The fourth-order valence-electron chi connectivity index (χ4n) is 5.99. The van der Waals surface area contributed by atoms with Gasteiger partial charge in [0.15, 0.2) is 11.8 Å². The minimum absolute atomic E-state index is 0.0543. The smallest absolute Gasteiger partial charge is 0.227 e. The van der Waals surface area contributed by atoms with Crippen molar-refractivity contribution in [3.63, 3.8) is 0 Å². The van der Waals surface area contributed by atoms with Gasteiger partial charge in [0.2, 0.25) is 11.4 Å². The molecule has 2 aromatic carbocycles. The molecule has 0 atom stereocenters. The molecule has 0 amide bonds. The van der Waals surface area contributed by atoms with Crippen molar-refractivity contribution in [1.29, 1.82) is 0 Å². The van der Waals surface area contributed by atoms with Crippen molar-refractivity contribution in [2.75, 3.05) is 0 Å². The number of rotatable bonds is 3. The molecule has 6 rings (SSSR count). The highest BCUT2D eigenvalue weighted by molar-refractivity contribution is 6.10. The summed E-state index contributed by atoms with van der Waals surface area (Å²) in [6, 6.07) is 19.9. The molecule has 3 nitrogen and oxygen atoms in total. The lowest BCUT2D eigenvalue weighted by molar-refractivity contribution is -0.660. The van der Waals surface area contributed by atoms with Crippen LogP contribution in [-0.2, 0) is 12.5 Å². The van der Waals surface area contributed by atoms with Crippen LogP contribution in [0.2, 0.25) is 0 Å². The maximum Gasteiger partial charge on any atom is 0.227 e. The largest absolute Gasteiger partial charge is 0.437 e. The Morgan fingerprint density at radius 3 is 2.45 bits per heavy atom. The van der Waals surface area contributed by atoms with Gasteiger partial charge in [0, 0.05) is 33.4 Å². The maximum atomic E-state index is 6.59. The van der Waals surface area contributed by atoms with E-state index in [1.54, 1.807) is 0 Å². The van der Waals surface area contributed by atoms with E-state index >= 15 is 0 Å². The van der Waals surface area contributed by atoms with Gasteiger partial charge in [-0.1, -0.05) is 50.2 Å². The molecule has 0 aliphatic heterocycles. The molecule has 1 aliphatic rings. The Hall–Kier alpha value is -3.46. The molecule has 164 valence electrons. The van der Waals surface area contributed by atoms with E-state index in [0.29, 0.717) is 0 Å². The fraction of sp³-hybridized carbons (Fsp3) is 0.267. The molecule has 0 N–H and O–H groups in total. The second kappa shape index (κ2) is 7.02. The van der Waals surface area contributed by atoms with Crippen molar-refractivity contribution in [2.45, 2.75) is 46.0 Å². The van der Waals surface area contributed by atoms with Crippen LogP contribution in [0.25, 0.3) is 44.5 Å². The van der Waals surface area contributed by atoms with Crippen LogP contribution >= 0.6 is 0 Å². The molecule has 0 unspecified atom stereocenters. The first kappa shape index (κ1) is 20.2. The SMILES string of the molecule is CCC1(CC)c2ccccc2-c2cc3c(nc21)oc1c(-c2ccc(C)c[n+]2C)c(C)ccc13. The van der Waals surface area contributed by atoms with E-state index in [1.165, 1.54) is 33.5 Å². The third-order valence-corrected chi connectivity index (χ3v) is 7.77. The summed E-state index contributed by atoms with van der Waals surface area (Å²) in [4.78, 5) is 5.23. The van der Waals surface area contributed by atoms with Gasteiger partial charge in [-0.15, -0.1) is 0 Å². The number of pyridine rings is 2. The summed E-state index contributed by atoms with van der Waals surface area (Å²) in [5, 5.41) is 2.22. The number of aryl methyl sites for hydroxylation is 3. The average molecular weight is 434 g/mol. The summed E-state index contributed by atoms with van der Waals surface area (Å²) in [5.41, 5.74) is 11.5. The predicted octanol–water partition coefficient (Wildman–Crippen LogP) is 7.18. The molecule has 1 aliphatic carbocycles. The highest BCUT2D eigenvalue weighted by Gasteiger charge is 2.42. The average Bonchev–Trinajstić information content (AvgIpc) is 3.31. The van der Waals surface area contributed by atoms with Crippen LogP contribution in [0.15, 0.2) is 65.2 Å². The molecular formula is C30H29N2O+. The van der Waals surface area contributed by atoms with E-state index in [2.05, 4.69) is 100 Å². The first-order valence-corrected chi connectivity index (χ1v) is 11.9. The van der Waals surface area contributed by atoms with Gasteiger partial charge < -0.3 is 4.42 Å². The van der Waals surface area contributed by atoms with E-state index in [9.17, 15) is 0 Å². The monoisotopic (exact) mass is 433 g/mol. The van der Waals surface area contributed by atoms with Gasteiger partial charge in [-0.25, -0.2) is 9.55 Å². The van der Waals surface area contributed by atoms with E-state index < -0.39 is 0 Å². The Morgan fingerprint density at radius 2 is 1.70 bits per heavy atom. The summed E-state index contributed by atoms with van der Waals surface area (Å²) < 4.78 is 8.77. The normalized spacial score (nSPS) is 14.1. The molecule has 0 spiro atoms. The number of aromatic nitrogens is 2. The first-order chi connectivity index (χ1) is 16.0. The molecule has 33 heavy (non-hydrogen) atoms.